The lowest BCUT2D eigenvalue weighted by Crippen LogP contribution is -2.36. The van der Waals surface area contributed by atoms with Gasteiger partial charge in [-0.15, -0.1) is 0 Å². The highest BCUT2D eigenvalue weighted by Gasteiger charge is 2.17. The van der Waals surface area contributed by atoms with E-state index in [1.54, 1.807) is 6.20 Å². The number of pyridine rings is 1. The Morgan fingerprint density at radius 3 is 2.85 bits per heavy atom. The summed E-state index contributed by atoms with van der Waals surface area (Å²) in [5.74, 6) is 0. The number of likely N-dealkylation sites (N-methyl/N-ethyl adjacent to an activating group) is 1. The van der Waals surface area contributed by atoms with E-state index in [1.165, 1.54) is 5.56 Å². The average molecular weight is 271 g/mol. The average Bonchev–Trinajstić information content (AvgIpc) is 2.45. The van der Waals surface area contributed by atoms with Crippen LogP contribution >= 0.6 is 0 Å². The second kappa shape index (κ2) is 8.33. The molecule has 1 aromatic heterocycles. The zero-order chi connectivity index (χ0) is 15.0. The van der Waals surface area contributed by atoms with Gasteiger partial charge in [0.2, 0.25) is 0 Å². The fourth-order valence-corrected chi connectivity index (χ4v) is 2.30. The largest absolute Gasteiger partial charge is 0.365 e. The third kappa shape index (κ3) is 4.35. The number of hydrogen-bond acceptors (Lipinski definition) is 3. The quantitative estimate of drug-likeness (QED) is 0.744. The third-order valence-corrected chi connectivity index (χ3v) is 3.37. The van der Waals surface area contributed by atoms with Crippen molar-refractivity contribution in [3.8, 4) is 0 Å². The Morgan fingerprint density at radius 1 is 1.50 bits per heavy atom. The minimum Gasteiger partial charge on any atom is -0.365 e. The van der Waals surface area contributed by atoms with E-state index < -0.39 is 0 Å². The van der Waals surface area contributed by atoms with Crippen LogP contribution in [0.3, 0.4) is 0 Å². The van der Waals surface area contributed by atoms with Gasteiger partial charge in [-0.25, -0.2) is 0 Å². The summed E-state index contributed by atoms with van der Waals surface area (Å²) < 4.78 is 0. The van der Waals surface area contributed by atoms with Gasteiger partial charge >= 0.3 is 0 Å². The molecule has 0 saturated carbocycles. The Morgan fingerprint density at radius 2 is 2.25 bits per heavy atom. The summed E-state index contributed by atoms with van der Waals surface area (Å²) in [6.07, 6.45) is 9.37. The molecule has 3 heteroatoms. The number of aromatic nitrogens is 1. The van der Waals surface area contributed by atoms with Crippen LogP contribution in [0.15, 0.2) is 50.1 Å². The van der Waals surface area contributed by atoms with Crippen LogP contribution < -0.4 is 5.32 Å². The highest BCUT2D eigenvalue weighted by atomic mass is 15.1. The summed E-state index contributed by atoms with van der Waals surface area (Å²) in [6, 6.07) is 2.32. The van der Waals surface area contributed by atoms with Crippen LogP contribution in [-0.2, 0) is 6.54 Å². The van der Waals surface area contributed by atoms with Crippen LogP contribution in [0.4, 0.5) is 0 Å². The van der Waals surface area contributed by atoms with Crippen LogP contribution in [-0.4, -0.2) is 23.0 Å². The van der Waals surface area contributed by atoms with Gasteiger partial charge in [0, 0.05) is 30.7 Å². The number of nitrogens with zero attached hydrogens (tertiary/aromatic N) is 2. The van der Waals surface area contributed by atoms with Crippen molar-refractivity contribution in [3.63, 3.8) is 0 Å². The second-order valence-corrected chi connectivity index (χ2v) is 4.87. The lowest BCUT2D eigenvalue weighted by Gasteiger charge is -2.30. The lowest BCUT2D eigenvalue weighted by atomic mass is 10.1. The van der Waals surface area contributed by atoms with Crippen molar-refractivity contribution in [1.82, 2.24) is 15.2 Å². The normalized spacial score (nSPS) is 11.9. The maximum atomic E-state index is 4.14. The summed E-state index contributed by atoms with van der Waals surface area (Å²) >= 11 is 0. The van der Waals surface area contributed by atoms with Gasteiger partial charge in [0.15, 0.2) is 0 Å². The molecule has 0 aliphatic carbocycles. The topological polar surface area (TPSA) is 28.2 Å². The van der Waals surface area contributed by atoms with E-state index in [2.05, 4.69) is 48.9 Å². The van der Waals surface area contributed by atoms with Gasteiger partial charge in [-0.1, -0.05) is 39.2 Å². The van der Waals surface area contributed by atoms with Crippen molar-refractivity contribution in [2.24, 2.45) is 0 Å². The molecule has 1 N–H and O–H groups in total. The lowest BCUT2D eigenvalue weighted by molar-refractivity contribution is 0.245. The monoisotopic (exact) mass is 271 g/mol. The number of nitrogens with one attached hydrogen (secondary N) is 1. The molecule has 0 saturated heterocycles. The smallest absolute Gasteiger partial charge is 0.0492 e. The highest BCUT2D eigenvalue weighted by Crippen LogP contribution is 2.17. The predicted molar refractivity (Wildman–Crippen MR) is 87.0 cm³/mol. The van der Waals surface area contributed by atoms with E-state index in [1.807, 2.05) is 24.5 Å². The molecule has 1 atom stereocenters. The number of rotatable bonds is 9. The zero-order valence-corrected chi connectivity index (χ0v) is 12.6. The van der Waals surface area contributed by atoms with E-state index in [4.69, 9.17) is 0 Å². The Kier molecular flexibility index (Phi) is 6.74. The molecule has 0 spiro atoms. The molecular formula is C17H25N3. The third-order valence-electron chi connectivity index (χ3n) is 3.37. The molecule has 1 unspecified atom stereocenters. The molecule has 20 heavy (non-hydrogen) atoms. The molecule has 0 radical (unpaired) electrons. The van der Waals surface area contributed by atoms with Crippen LogP contribution in [0.2, 0.25) is 0 Å². The van der Waals surface area contributed by atoms with E-state index in [0.717, 1.165) is 30.6 Å². The summed E-state index contributed by atoms with van der Waals surface area (Å²) in [7, 11) is 2.11. The van der Waals surface area contributed by atoms with E-state index >= 15 is 0 Å². The molecule has 1 aromatic rings. The van der Waals surface area contributed by atoms with Crippen molar-refractivity contribution in [3.05, 3.63) is 61.2 Å². The van der Waals surface area contributed by atoms with E-state index in [0.29, 0.717) is 0 Å². The first-order valence-electron chi connectivity index (χ1n) is 6.95. The van der Waals surface area contributed by atoms with Crippen molar-refractivity contribution in [1.29, 1.82) is 0 Å². The van der Waals surface area contributed by atoms with Gasteiger partial charge in [-0.2, -0.15) is 0 Å². The standard InChI is InChI=1S/C17H25N3/c1-6-9-17(14(4)19-8-3)20(5)13-16-10-11-18-12-15(16)7-2/h7-8,10-12,17,19H,2-4,6,9,13H2,1,5H3. The molecule has 3 nitrogen and oxygen atoms in total. The van der Waals surface area contributed by atoms with Crippen molar-refractivity contribution < 1.29 is 0 Å². The maximum absolute atomic E-state index is 4.14. The van der Waals surface area contributed by atoms with E-state index in [9.17, 15) is 0 Å². The van der Waals surface area contributed by atoms with Crippen molar-refractivity contribution >= 4 is 6.08 Å². The summed E-state index contributed by atoms with van der Waals surface area (Å²) in [6.45, 7) is 14.7. The molecule has 0 aliphatic heterocycles. The minimum absolute atomic E-state index is 0.281. The molecule has 108 valence electrons. The summed E-state index contributed by atoms with van der Waals surface area (Å²) in [4.78, 5) is 6.43. The van der Waals surface area contributed by atoms with Gasteiger partial charge in [0.1, 0.15) is 0 Å². The molecule has 1 rings (SSSR count). The van der Waals surface area contributed by atoms with Gasteiger partial charge in [-0.05, 0) is 36.9 Å². The first-order chi connectivity index (χ1) is 9.63. The molecule has 0 aliphatic rings. The Labute approximate surface area is 122 Å². The minimum atomic E-state index is 0.281. The maximum Gasteiger partial charge on any atom is 0.0492 e. The van der Waals surface area contributed by atoms with E-state index in [-0.39, 0.29) is 6.04 Å². The fourth-order valence-electron chi connectivity index (χ4n) is 2.30. The second-order valence-electron chi connectivity index (χ2n) is 4.87. The van der Waals surface area contributed by atoms with Crippen LogP contribution in [0.5, 0.6) is 0 Å². The molecule has 0 fully saturated rings. The molecule has 0 amide bonds. The Balaban J connectivity index is 2.84. The van der Waals surface area contributed by atoms with Crippen molar-refractivity contribution in [2.75, 3.05) is 7.05 Å². The summed E-state index contributed by atoms with van der Waals surface area (Å²) in [5.41, 5.74) is 3.29. The number of hydrogen-bond donors (Lipinski definition) is 1. The van der Waals surface area contributed by atoms with Crippen LogP contribution in [0, 0.1) is 0 Å². The van der Waals surface area contributed by atoms with Gasteiger partial charge < -0.3 is 5.32 Å². The fraction of sp³-hybridized carbons (Fsp3) is 0.353. The van der Waals surface area contributed by atoms with Crippen LogP contribution in [0.25, 0.3) is 6.08 Å². The Hall–Kier alpha value is -1.87. The van der Waals surface area contributed by atoms with Crippen molar-refractivity contribution in [2.45, 2.75) is 32.4 Å². The first-order valence-corrected chi connectivity index (χ1v) is 6.95. The Bertz CT molecular complexity index is 465. The molecular weight excluding hydrogens is 246 g/mol. The SMILES string of the molecule is C=CNC(=C)C(CCC)N(C)Cc1ccncc1C=C. The first kappa shape index (κ1) is 16.2. The van der Waals surface area contributed by atoms with Gasteiger partial charge in [-0.3, -0.25) is 9.88 Å². The van der Waals surface area contributed by atoms with Gasteiger partial charge in [0.25, 0.3) is 0 Å². The van der Waals surface area contributed by atoms with Gasteiger partial charge in [0.05, 0.1) is 0 Å². The molecule has 1 heterocycles. The predicted octanol–water partition coefficient (Wildman–Crippen LogP) is 3.57. The van der Waals surface area contributed by atoms with Crippen LogP contribution in [0.1, 0.15) is 30.9 Å². The molecule has 0 bridgehead atoms. The highest BCUT2D eigenvalue weighted by molar-refractivity contribution is 5.50. The zero-order valence-electron chi connectivity index (χ0n) is 12.6. The summed E-state index contributed by atoms with van der Waals surface area (Å²) in [5, 5.41) is 3.12. The molecule has 0 aromatic carbocycles.